The smallest absolute Gasteiger partial charge is 0.260 e. The topological polar surface area (TPSA) is 29.5 Å². The molecule has 3 rings (SSSR count). The van der Waals surface area contributed by atoms with E-state index in [-0.39, 0.29) is 12.5 Å². The van der Waals surface area contributed by atoms with Crippen LogP contribution in [0.4, 0.5) is 0 Å². The van der Waals surface area contributed by atoms with Gasteiger partial charge in [-0.2, -0.15) is 0 Å². The molecule has 1 aromatic heterocycles. The molecule has 0 unspecified atom stereocenters. The molecule has 2 heterocycles. The highest BCUT2D eigenvalue weighted by Crippen LogP contribution is 2.24. The molecule has 2 aromatic rings. The van der Waals surface area contributed by atoms with E-state index in [1.807, 2.05) is 29.2 Å². The van der Waals surface area contributed by atoms with Crippen LogP contribution in [0.5, 0.6) is 5.75 Å². The van der Waals surface area contributed by atoms with E-state index in [2.05, 4.69) is 27.4 Å². The number of halogens is 1. The quantitative estimate of drug-likeness (QED) is 0.847. The van der Waals surface area contributed by atoms with Gasteiger partial charge >= 0.3 is 0 Å². The molecule has 0 aliphatic carbocycles. The van der Waals surface area contributed by atoms with Crippen LogP contribution >= 0.6 is 27.3 Å². The molecule has 0 spiro atoms. The first kappa shape index (κ1) is 13.6. The zero-order chi connectivity index (χ0) is 13.9. The van der Waals surface area contributed by atoms with Gasteiger partial charge in [0.15, 0.2) is 6.61 Å². The highest BCUT2D eigenvalue weighted by Gasteiger charge is 2.21. The Morgan fingerprint density at radius 3 is 3.15 bits per heavy atom. The maximum Gasteiger partial charge on any atom is 0.260 e. The van der Waals surface area contributed by atoms with Crippen molar-refractivity contribution in [3.8, 4) is 5.75 Å². The van der Waals surface area contributed by atoms with Crippen LogP contribution in [-0.4, -0.2) is 24.0 Å². The van der Waals surface area contributed by atoms with E-state index in [0.717, 1.165) is 17.4 Å². The van der Waals surface area contributed by atoms with Gasteiger partial charge in [-0.25, -0.2) is 0 Å². The summed E-state index contributed by atoms with van der Waals surface area (Å²) in [6, 6.07) is 9.64. The van der Waals surface area contributed by atoms with Crippen molar-refractivity contribution in [2.75, 3.05) is 13.2 Å². The van der Waals surface area contributed by atoms with Crippen LogP contribution in [0.15, 0.2) is 40.2 Å². The summed E-state index contributed by atoms with van der Waals surface area (Å²) in [5.74, 6) is 0.753. The van der Waals surface area contributed by atoms with Gasteiger partial charge in [-0.1, -0.05) is 22.0 Å². The third-order valence-corrected chi connectivity index (χ3v) is 4.84. The standard InChI is InChI=1S/C15H14BrNO2S/c16-12-2-1-3-13(8-12)19-10-15(18)17-6-4-14-11(9-17)5-7-20-14/h1-3,5,7-8H,4,6,9-10H2. The van der Waals surface area contributed by atoms with Gasteiger partial charge in [0.05, 0.1) is 0 Å². The van der Waals surface area contributed by atoms with Gasteiger partial charge in [0.25, 0.3) is 5.91 Å². The average Bonchev–Trinajstić information content (AvgIpc) is 2.92. The third-order valence-electron chi connectivity index (χ3n) is 3.32. The lowest BCUT2D eigenvalue weighted by atomic mass is 10.1. The lowest BCUT2D eigenvalue weighted by Gasteiger charge is -2.26. The van der Waals surface area contributed by atoms with Crippen molar-refractivity contribution in [1.82, 2.24) is 4.90 Å². The zero-order valence-corrected chi connectivity index (χ0v) is 13.2. The minimum atomic E-state index is 0.0434. The zero-order valence-electron chi connectivity index (χ0n) is 10.8. The van der Waals surface area contributed by atoms with Crippen molar-refractivity contribution in [1.29, 1.82) is 0 Å². The molecule has 1 aliphatic heterocycles. The highest BCUT2D eigenvalue weighted by molar-refractivity contribution is 9.10. The number of hydrogen-bond acceptors (Lipinski definition) is 3. The van der Waals surface area contributed by atoms with E-state index in [4.69, 9.17) is 4.74 Å². The van der Waals surface area contributed by atoms with E-state index in [9.17, 15) is 4.79 Å². The van der Waals surface area contributed by atoms with E-state index in [1.54, 1.807) is 11.3 Å². The molecular weight excluding hydrogens is 338 g/mol. The molecule has 1 aromatic carbocycles. The molecule has 0 bridgehead atoms. The van der Waals surface area contributed by atoms with Crippen molar-refractivity contribution in [2.24, 2.45) is 0 Å². The second-order valence-electron chi connectivity index (χ2n) is 4.68. The fraction of sp³-hybridized carbons (Fsp3) is 0.267. The SMILES string of the molecule is O=C(COc1cccc(Br)c1)N1CCc2sccc2C1. The number of thiophene rings is 1. The molecule has 1 aliphatic rings. The summed E-state index contributed by atoms with van der Waals surface area (Å²) in [6.07, 6.45) is 0.954. The average molecular weight is 352 g/mol. The predicted octanol–water partition coefficient (Wildman–Crippen LogP) is 3.47. The van der Waals surface area contributed by atoms with Crippen LogP contribution in [0.1, 0.15) is 10.4 Å². The van der Waals surface area contributed by atoms with Crippen LogP contribution in [0, 0.1) is 0 Å². The molecule has 0 saturated heterocycles. The second kappa shape index (κ2) is 5.97. The number of fused-ring (bicyclic) bond motifs is 1. The summed E-state index contributed by atoms with van der Waals surface area (Å²) in [5.41, 5.74) is 1.28. The summed E-state index contributed by atoms with van der Waals surface area (Å²) in [6.45, 7) is 1.59. The second-order valence-corrected chi connectivity index (χ2v) is 6.60. The Kier molecular flexibility index (Phi) is 4.08. The van der Waals surface area contributed by atoms with Gasteiger partial charge in [0.1, 0.15) is 5.75 Å². The van der Waals surface area contributed by atoms with Crippen LogP contribution in [0.3, 0.4) is 0 Å². The lowest BCUT2D eigenvalue weighted by molar-refractivity contribution is -0.134. The Morgan fingerprint density at radius 1 is 1.40 bits per heavy atom. The Labute approximate surface area is 130 Å². The van der Waals surface area contributed by atoms with Gasteiger partial charge in [-0.15, -0.1) is 11.3 Å². The molecule has 0 saturated carbocycles. The molecule has 20 heavy (non-hydrogen) atoms. The molecular formula is C15H14BrNO2S. The van der Waals surface area contributed by atoms with Gasteiger partial charge in [-0.05, 0) is 41.6 Å². The molecule has 0 radical (unpaired) electrons. The molecule has 3 nitrogen and oxygen atoms in total. The largest absolute Gasteiger partial charge is 0.484 e. The van der Waals surface area contributed by atoms with E-state index < -0.39 is 0 Å². The summed E-state index contributed by atoms with van der Waals surface area (Å²) in [5, 5.41) is 2.09. The van der Waals surface area contributed by atoms with Crippen molar-refractivity contribution >= 4 is 33.2 Å². The number of ether oxygens (including phenoxy) is 1. The number of rotatable bonds is 3. The van der Waals surface area contributed by atoms with Crippen molar-refractivity contribution < 1.29 is 9.53 Å². The minimum Gasteiger partial charge on any atom is -0.484 e. The summed E-state index contributed by atoms with van der Waals surface area (Å²) in [4.78, 5) is 15.5. The highest BCUT2D eigenvalue weighted by atomic mass is 79.9. The molecule has 0 N–H and O–H groups in total. The van der Waals surface area contributed by atoms with Crippen molar-refractivity contribution in [3.63, 3.8) is 0 Å². The maximum absolute atomic E-state index is 12.2. The normalized spacial score (nSPS) is 13.9. The third kappa shape index (κ3) is 3.04. The first-order valence-corrected chi connectivity index (χ1v) is 8.11. The number of hydrogen-bond donors (Lipinski definition) is 0. The fourth-order valence-corrected chi connectivity index (χ4v) is 3.52. The summed E-state index contributed by atoms with van der Waals surface area (Å²) < 4.78 is 6.50. The van der Waals surface area contributed by atoms with Gasteiger partial charge in [0, 0.05) is 22.4 Å². The van der Waals surface area contributed by atoms with Crippen LogP contribution in [0.2, 0.25) is 0 Å². The first-order chi connectivity index (χ1) is 9.72. The van der Waals surface area contributed by atoms with Crippen molar-refractivity contribution in [2.45, 2.75) is 13.0 Å². The molecule has 0 fully saturated rings. The predicted molar refractivity (Wildman–Crippen MR) is 83.1 cm³/mol. The van der Waals surface area contributed by atoms with Gasteiger partial charge < -0.3 is 9.64 Å². The lowest BCUT2D eigenvalue weighted by Crippen LogP contribution is -2.38. The van der Waals surface area contributed by atoms with Crippen LogP contribution < -0.4 is 4.74 Å². The number of carbonyl (C=O) groups excluding carboxylic acids is 1. The number of nitrogens with zero attached hydrogens (tertiary/aromatic N) is 1. The monoisotopic (exact) mass is 351 g/mol. The Balaban J connectivity index is 1.58. The fourth-order valence-electron chi connectivity index (χ4n) is 2.25. The number of benzene rings is 1. The molecule has 5 heteroatoms. The number of carbonyl (C=O) groups is 1. The maximum atomic E-state index is 12.2. The van der Waals surface area contributed by atoms with Crippen molar-refractivity contribution in [3.05, 3.63) is 50.6 Å². The Hall–Kier alpha value is -1.33. The van der Waals surface area contributed by atoms with E-state index in [0.29, 0.717) is 12.3 Å². The van der Waals surface area contributed by atoms with Gasteiger partial charge in [-0.3, -0.25) is 4.79 Å². The minimum absolute atomic E-state index is 0.0434. The van der Waals surface area contributed by atoms with Crippen LogP contribution in [-0.2, 0) is 17.8 Å². The molecule has 104 valence electrons. The summed E-state index contributed by atoms with van der Waals surface area (Å²) >= 11 is 5.16. The van der Waals surface area contributed by atoms with Crippen LogP contribution in [0.25, 0.3) is 0 Å². The molecule has 0 atom stereocenters. The first-order valence-electron chi connectivity index (χ1n) is 6.44. The van der Waals surface area contributed by atoms with E-state index >= 15 is 0 Å². The van der Waals surface area contributed by atoms with E-state index in [1.165, 1.54) is 10.4 Å². The number of amides is 1. The Morgan fingerprint density at radius 2 is 2.30 bits per heavy atom. The van der Waals surface area contributed by atoms with Gasteiger partial charge in [0.2, 0.25) is 0 Å². The summed E-state index contributed by atoms with van der Waals surface area (Å²) in [7, 11) is 0. The Bertz CT molecular complexity index is 626. The molecule has 1 amide bonds.